The highest BCUT2D eigenvalue weighted by molar-refractivity contribution is 5.93. The summed E-state index contributed by atoms with van der Waals surface area (Å²) in [7, 11) is 0. The summed E-state index contributed by atoms with van der Waals surface area (Å²) >= 11 is 0. The van der Waals surface area contributed by atoms with Crippen LogP contribution in [0.3, 0.4) is 0 Å². The molecule has 0 saturated carbocycles. The van der Waals surface area contributed by atoms with E-state index in [1.54, 1.807) is 0 Å². The quantitative estimate of drug-likeness (QED) is 0.720. The highest BCUT2D eigenvalue weighted by Gasteiger charge is 2.15. The minimum absolute atomic E-state index is 0.505. The van der Waals surface area contributed by atoms with Crippen LogP contribution in [0.2, 0.25) is 0 Å². The first-order chi connectivity index (χ1) is 9.40. The summed E-state index contributed by atoms with van der Waals surface area (Å²) in [5.41, 5.74) is 4.13. The topological polar surface area (TPSA) is 45.8 Å². The van der Waals surface area contributed by atoms with Crippen molar-refractivity contribution in [1.29, 1.82) is 0 Å². The van der Waals surface area contributed by atoms with Gasteiger partial charge in [0.05, 0.1) is 0 Å². The Bertz CT molecular complexity index is 687. The second kappa shape index (κ2) is 4.90. The lowest BCUT2D eigenvalue weighted by Crippen LogP contribution is -1.86. The van der Waals surface area contributed by atoms with E-state index < -0.39 is 0 Å². The number of nitrogens with zero attached hydrogens (tertiary/aromatic N) is 1. The summed E-state index contributed by atoms with van der Waals surface area (Å²) in [5.74, 6) is 0. The molecule has 3 nitrogen and oxygen atoms in total. The van der Waals surface area contributed by atoms with Crippen LogP contribution < -0.4 is 0 Å². The number of hydrogen-bond donors (Lipinski definition) is 1. The van der Waals surface area contributed by atoms with Gasteiger partial charge in [0.1, 0.15) is 11.4 Å². The van der Waals surface area contributed by atoms with Crippen molar-refractivity contribution in [3.05, 3.63) is 66.4 Å². The van der Waals surface area contributed by atoms with Crippen LogP contribution in [-0.2, 0) is 0 Å². The number of aromatic nitrogens is 2. The van der Waals surface area contributed by atoms with Gasteiger partial charge in [0.15, 0.2) is 6.29 Å². The van der Waals surface area contributed by atoms with Gasteiger partial charge in [-0.25, -0.2) is 0 Å². The van der Waals surface area contributed by atoms with E-state index in [-0.39, 0.29) is 0 Å². The van der Waals surface area contributed by atoms with Crippen LogP contribution in [0, 0.1) is 0 Å². The maximum atomic E-state index is 11.2. The molecule has 3 rings (SSSR count). The number of hydrogen-bond acceptors (Lipinski definition) is 2. The van der Waals surface area contributed by atoms with Crippen molar-refractivity contribution in [3.8, 4) is 22.4 Å². The van der Waals surface area contributed by atoms with Gasteiger partial charge in [-0.1, -0.05) is 60.7 Å². The molecule has 0 spiro atoms. The summed E-state index contributed by atoms with van der Waals surface area (Å²) < 4.78 is 0. The lowest BCUT2D eigenvalue weighted by Gasteiger charge is -2.03. The second-order valence-electron chi connectivity index (χ2n) is 4.21. The lowest BCUT2D eigenvalue weighted by molar-refractivity contribution is 0.111. The first-order valence-corrected chi connectivity index (χ1v) is 6.04. The Balaban J connectivity index is 2.23. The van der Waals surface area contributed by atoms with Gasteiger partial charge in [0.25, 0.3) is 0 Å². The van der Waals surface area contributed by atoms with E-state index >= 15 is 0 Å². The molecule has 3 heteroatoms. The molecule has 1 heterocycles. The van der Waals surface area contributed by atoms with Crippen LogP contribution in [-0.4, -0.2) is 16.5 Å². The van der Waals surface area contributed by atoms with Crippen molar-refractivity contribution in [2.45, 2.75) is 0 Å². The van der Waals surface area contributed by atoms with Crippen LogP contribution >= 0.6 is 0 Å². The van der Waals surface area contributed by atoms with Gasteiger partial charge in [-0.3, -0.25) is 9.89 Å². The molecular formula is C16H12N2O. The Hall–Kier alpha value is -2.68. The van der Waals surface area contributed by atoms with Crippen LogP contribution in [0.4, 0.5) is 0 Å². The van der Waals surface area contributed by atoms with Crippen molar-refractivity contribution in [2.24, 2.45) is 0 Å². The number of aldehydes is 1. The number of benzene rings is 2. The second-order valence-corrected chi connectivity index (χ2v) is 4.21. The molecule has 1 N–H and O–H groups in total. The van der Waals surface area contributed by atoms with E-state index in [1.807, 2.05) is 60.7 Å². The molecule has 0 radical (unpaired) electrons. The zero-order valence-electron chi connectivity index (χ0n) is 10.2. The third-order valence-electron chi connectivity index (χ3n) is 3.02. The molecule has 0 unspecified atom stereocenters. The molecule has 92 valence electrons. The van der Waals surface area contributed by atoms with Gasteiger partial charge in [-0.15, -0.1) is 0 Å². The number of nitrogens with one attached hydrogen (secondary N) is 1. The molecular weight excluding hydrogens is 236 g/mol. The molecule has 0 amide bonds. The Morgan fingerprint density at radius 1 is 0.842 bits per heavy atom. The van der Waals surface area contributed by atoms with Gasteiger partial charge >= 0.3 is 0 Å². The number of carbonyl (C=O) groups excluding carboxylic acids is 1. The SMILES string of the molecule is O=Cc1[nH]nc(-c2ccccc2)c1-c1ccccc1. The highest BCUT2D eigenvalue weighted by atomic mass is 16.1. The van der Waals surface area contributed by atoms with E-state index in [0.717, 1.165) is 28.7 Å². The smallest absolute Gasteiger partial charge is 0.168 e. The monoisotopic (exact) mass is 248 g/mol. The van der Waals surface area contributed by atoms with Gasteiger partial charge < -0.3 is 0 Å². The van der Waals surface area contributed by atoms with Gasteiger partial charge in [-0.2, -0.15) is 5.10 Å². The van der Waals surface area contributed by atoms with Crippen molar-refractivity contribution < 1.29 is 4.79 Å². The van der Waals surface area contributed by atoms with Crippen LogP contribution in [0.5, 0.6) is 0 Å². The highest BCUT2D eigenvalue weighted by Crippen LogP contribution is 2.32. The van der Waals surface area contributed by atoms with Gasteiger partial charge in [-0.05, 0) is 5.56 Å². The zero-order chi connectivity index (χ0) is 13.1. The summed E-state index contributed by atoms with van der Waals surface area (Å²) in [6.45, 7) is 0. The fourth-order valence-corrected chi connectivity index (χ4v) is 2.14. The normalized spacial score (nSPS) is 10.3. The zero-order valence-corrected chi connectivity index (χ0v) is 10.2. The average molecular weight is 248 g/mol. The van der Waals surface area contributed by atoms with Crippen LogP contribution in [0.1, 0.15) is 10.5 Å². The van der Waals surface area contributed by atoms with Crippen LogP contribution in [0.25, 0.3) is 22.4 Å². The Labute approximate surface area is 110 Å². The summed E-state index contributed by atoms with van der Waals surface area (Å²) in [4.78, 5) is 11.2. The molecule has 0 saturated heterocycles. The van der Waals surface area contributed by atoms with E-state index in [4.69, 9.17) is 0 Å². The average Bonchev–Trinajstić information content (AvgIpc) is 2.93. The lowest BCUT2D eigenvalue weighted by atomic mass is 9.99. The van der Waals surface area contributed by atoms with Crippen molar-refractivity contribution in [1.82, 2.24) is 10.2 Å². The molecule has 0 bridgehead atoms. The standard InChI is InChI=1S/C16H12N2O/c19-11-14-15(12-7-3-1-4-8-12)16(18-17-14)13-9-5-2-6-10-13/h1-11H,(H,17,18). The molecule has 0 aliphatic heterocycles. The molecule has 0 aliphatic carbocycles. The largest absolute Gasteiger partial charge is 0.296 e. The number of H-pyrrole nitrogens is 1. The predicted molar refractivity (Wildman–Crippen MR) is 74.8 cm³/mol. The summed E-state index contributed by atoms with van der Waals surface area (Å²) in [6, 6.07) is 19.6. The minimum atomic E-state index is 0.505. The summed E-state index contributed by atoms with van der Waals surface area (Å²) in [5, 5.41) is 7.08. The molecule has 0 aliphatic rings. The molecule has 19 heavy (non-hydrogen) atoms. The first-order valence-electron chi connectivity index (χ1n) is 6.04. The Morgan fingerprint density at radius 2 is 1.42 bits per heavy atom. The molecule has 2 aromatic carbocycles. The third-order valence-corrected chi connectivity index (χ3v) is 3.02. The van der Waals surface area contributed by atoms with Crippen molar-refractivity contribution >= 4 is 6.29 Å². The molecule has 0 fully saturated rings. The fraction of sp³-hybridized carbons (Fsp3) is 0. The first kappa shape index (κ1) is 11.4. The number of carbonyl (C=O) groups is 1. The number of rotatable bonds is 3. The predicted octanol–water partition coefficient (Wildman–Crippen LogP) is 3.56. The molecule has 0 atom stereocenters. The molecule has 1 aromatic heterocycles. The van der Waals surface area contributed by atoms with Gasteiger partial charge in [0, 0.05) is 11.1 Å². The number of aromatic amines is 1. The van der Waals surface area contributed by atoms with E-state index in [1.165, 1.54) is 0 Å². The minimum Gasteiger partial charge on any atom is -0.296 e. The third kappa shape index (κ3) is 2.06. The van der Waals surface area contributed by atoms with Crippen LogP contribution in [0.15, 0.2) is 60.7 Å². The van der Waals surface area contributed by atoms with E-state index in [0.29, 0.717) is 5.69 Å². The Morgan fingerprint density at radius 3 is 2.00 bits per heavy atom. The van der Waals surface area contributed by atoms with Crippen molar-refractivity contribution in [2.75, 3.05) is 0 Å². The van der Waals surface area contributed by atoms with E-state index in [9.17, 15) is 4.79 Å². The fourth-order valence-electron chi connectivity index (χ4n) is 2.14. The van der Waals surface area contributed by atoms with Gasteiger partial charge in [0.2, 0.25) is 0 Å². The maximum Gasteiger partial charge on any atom is 0.168 e. The van der Waals surface area contributed by atoms with E-state index in [2.05, 4.69) is 10.2 Å². The Kier molecular flexibility index (Phi) is 2.94. The summed E-state index contributed by atoms with van der Waals surface area (Å²) in [6.07, 6.45) is 0.807. The molecule has 3 aromatic rings. The van der Waals surface area contributed by atoms with Crippen molar-refractivity contribution in [3.63, 3.8) is 0 Å². The maximum absolute atomic E-state index is 11.2.